The second-order valence-corrected chi connectivity index (χ2v) is 6.44. The minimum absolute atomic E-state index is 0.0147. The van der Waals surface area contributed by atoms with Gasteiger partial charge in [0.15, 0.2) is 0 Å². The molecular formula is C20H33N3O3. The predicted molar refractivity (Wildman–Crippen MR) is 107 cm³/mol. The highest BCUT2D eigenvalue weighted by Crippen LogP contribution is 2.23. The quantitative estimate of drug-likeness (QED) is 0.558. The van der Waals surface area contributed by atoms with Crippen LogP contribution in [0.2, 0.25) is 0 Å². The highest BCUT2D eigenvalue weighted by Gasteiger charge is 2.14. The van der Waals surface area contributed by atoms with Crippen molar-refractivity contribution in [2.45, 2.75) is 46.0 Å². The molecule has 0 unspecified atom stereocenters. The van der Waals surface area contributed by atoms with Crippen molar-refractivity contribution in [2.75, 3.05) is 44.1 Å². The van der Waals surface area contributed by atoms with Crippen LogP contribution in [-0.2, 0) is 9.53 Å². The van der Waals surface area contributed by atoms with Crippen LogP contribution in [0.25, 0.3) is 0 Å². The fourth-order valence-electron chi connectivity index (χ4n) is 2.56. The molecule has 0 aromatic heterocycles. The predicted octanol–water partition coefficient (Wildman–Crippen LogP) is 3.43. The molecule has 0 atom stereocenters. The van der Waals surface area contributed by atoms with Crippen molar-refractivity contribution < 1.29 is 14.3 Å². The number of benzene rings is 1. The summed E-state index contributed by atoms with van der Waals surface area (Å²) in [5.41, 5.74) is 2.02. The number of nitrogens with zero attached hydrogens (tertiary/aromatic N) is 1. The van der Waals surface area contributed by atoms with E-state index < -0.39 is 0 Å². The standard InChI is InChI=1S/C20H33N3O3/c1-5-7-8-10-19(24)22-16-11-12-18(23(3)4)17(15-16)20(25)21-13-9-14-26-6-2/h11-12,15H,5-10,13-14H2,1-4H3,(H,21,25)(H,22,24). The summed E-state index contributed by atoms with van der Waals surface area (Å²) in [6.45, 7) is 5.92. The van der Waals surface area contributed by atoms with Crippen LogP contribution in [-0.4, -0.2) is 45.7 Å². The van der Waals surface area contributed by atoms with Gasteiger partial charge in [-0.1, -0.05) is 19.8 Å². The summed E-state index contributed by atoms with van der Waals surface area (Å²) in [5, 5.41) is 5.81. The summed E-state index contributed by atoms with van der Waals surface area (Å²) in [6.07, 6.45) is 4.28. The van der Waals surface area contributed by atoms with Crippen molar-refractivity contribution in [3.05, 3.63) is 23.8 Å². The molecule has 0 saturated heterocycles. The molecule has 0 spiro atoms. The van der Waals surface area contributed by atoms with Gasteiger partial charge in [-0.15, -0.1) is 0 Å². The molecule has 0 saturated carbocycles. The Morgan fingerprint density at radius 2 is 1.88 bits per heavy atom. The maximum atomic E-state index is 12.6. The van der Waals surface area contributed by atoms with Gasteiger partial charge in [0.2, 0.25) is 5.91 Å². The van der Waals surface area contributed by atoms with Gasteiger partial charge in [0.25, 0.3) is 5.91 Å². The molecular weight excluding hydrogens is 330 g/mol. The number of carbonyl (C=O) groups is 2. The zero-order valence-electron chi connectivity index (χ0n) is 16.6. The summed E-state index contributed by atoms with van der Waals surface area (Å²) in [4.78, 5) is 26.5. The lowest BCUT2D eigenvalue weighted by atomic mass is 10.1. The lowest BCUT2D eigenvalue weighted by Gasteiger charge is -2.18. The van der Waals surface area contributed by atoms with E-state index in [2.05, 4.69) is 17.6 Å². The third-order valence-corrected chi connectivity index (χ3v) is 3.97. The van der Waals surface area contributed by atoms with Crippen LogP contribution in [0.15, 0.2) is 18.2 Å². The van der Waals surface area contributed by atoms with Crippen LogP contribution in [0.4, 0.5) is 11.4 Å². The molecule has 0 fully saturated rings. The largest absolute Gasteiger partial charge is 0.382 e. The Hall–Kier alpha value is -2.08. The zero-order chi connectivity index (χ0) is 19.4. The Labute approximate surface area is 157 Å². The number of rotatable bonds is 12. The van der Waals surface area contributed by atoms with Crippen LogP contribution in [0, 0.1) is 0 Å². The average Bonchev–Trinajstić information content (AvgIpc) is 2.61. The molecule has 0 aliphatic rings. The van der Waals surface area contributed by atoms with E-state index in [-0.39, 0.29) is 11.8 Å². The van der Waals surface area contributed by atoms with E-state index in [9.17, 15) is 9.59 Å². The number of nitrogens with one attached hydrogen (secondary N) is 2. The molecule has 0 heterocycles. The number of amides is 2. The monoisotopic (exact) mass is 363 g/mol. The highest BCUT2D eigenvalue weighted by atomic mass is 16.5. The minimum atomic E-state index is -0.146. The van der Waals surface area contributed by atoms with Gasteiger partial charge in [0, 0.05) is 51.6 Å². The van der Waals surface area contributed by atoms with E-state index in [0.717, 1.165) is 31.4 Å². The summed E-state index contributed by atoms with van der Waals surface area (Å²) >= 11 is 0. The number of unbranched alkanes of at least 4 members (excludes halogenated alkanes) is 2. The molecule has 0 aliphatic heterocycles. The second kappa shape index (κ2) is 12.3. The molecule has 1 aromatic rings. The first-order chi connectivity index (χ1) is 12.5. The van der Waals surface area contributed by atoms with Crippen molar-refractivity contribution in [1.82, 2.24) is 5.32 Å². The van der Waals surface area contributed by atoms with Gasteiger partial charge in [-0.25, -0.2) is 0 Å². The lowest BCUT2D eigenvalue weighted by molar-refractivity contribution is -0.116. The first-order valence-corrected chi connectivity index (χ1v) is 9.46. The van der Waals surface area contributed by atoms with E-state index in [1.807, 2.05) is 38.1 Å². The number of ether oxygens (including phenoxy) is 1. The Morgan fingerprint density at radius 1 is 1.12 bits per heavy atom. The number of hydrogen-bond donors (Lipinski definition) is 2. The van der Waals surface area contributed by atoms with Gasteiger partial charge in [0.05, 0.1) is 5.56 Å². The van der Waals surface area contributed by atoms with Gasteiger partial charge >= 0.3 is 0 Å². The van der Waals surface area contributed by atoms with Crippen molar-refractivity contribution in [1.29, 1.82) is 0 Å². The van der Waals surface area contributed by atoms with Crippen molar-refractivity contribution in [2.24, 2.45) is 0 Å². The molecule has 1 rings (SSSR count). The molecule has 0 bridgehead atoms. The van der Waals surface area contributed by atoms with E-state index in [1.54, 1.807) is 6.07 Å². The Kier molecular flexibility index (Phi) is 10.4. The first kappa shape index (κ1) is 22.0. The van der Waals surface area contributed by atoms with Crippen LogP contribution >= 0.6 is 0 Å². The van der Waals surface area contributed by atoms with Gasteiger partial charge < -0.3 is 20.3 Å². The smallest absolute Gasteiger partial charge is 0.253 e. The molecule has 6 heteroatoms. The summed E-state index contributed by atoms with van der Waals surface area (Å²) in [6, 6.07) is 5.43. The van der Waals surface area contributed by atoms with Gasteiger partial charge in [0.1, 0.15) is 0 Å². The van der Waals surface area contributed by atoms with Gasteiger partial charge in [-0.3, -0.25) is 9.59 Å². The molecule has 6 nitrogen and oxygen atoms in total. The fourth-order valence-corrected chi connectivity index (χ4v) is 2.56. The second-order valence-electron chi connectivity index (χ2n) is 6.44. The summed E-state index contributed by atoms with van der Waals surface area (Å²) < 4.78 is 5.28. The van der Waals surface area contributed by atoms with Gasteiger partial charge in [-0.2, -0.15) is 0 Å². The Morgan fingerprint density at radius 3 is 2.54 bits per heavy atom. The Bertz CT molecular complexity index is 573. The molecule has 26 heavy (non-hydrogen) atoms. The Balaban J connectivity index is 2.74. The highest BCUT2D eigenvalue weighted by molar-refractivity contribution is 6.02. The van der Waals surface area contributed by atoms with Gasteiger partial charge in [-0.05, 0) is 38.0 Å². The molecule has 1 aromatic carbocycles. The normalized spacial score (nSPS) is 10.5. The third-order valence-electron chi connectivity index (χ3n) is 3.97. The van der Waals surface area contributed by atoms with E-state index in [1.165, 1.54) is 0 Å². The van der Waals surface area contributed by atoms with E-state index in [4.69, 9.17) is 4.74 Å². The van der Waals surface area contributed by atoms with E-state index in [0.29, 0.717) is 37.4 Å². The van der Waals surface area contributed by atoms with Crippen molar-refractivity contribution in [3.63, 3.8) is 0 Å². The van der Waals surface area contributed by atoms with E-state index >= 15 is 0 Å². The number of carbonyl (C=O) groups excluding carboxylic acids is 2. The van der Waals surface area contributed by atoms with Crippen LogP contribution < -0.4 is 15.5 Å². The van der Waals surface area contributed by atoms with Crippen molar-refractivity contribution in [3.8, 4) is 0 Å². The van der Waals surface area contributed by atoms with Crippen LogP contribution in [0.5, 0.6) is 0 Å². The SMILES string of the molecule is CCCCCC(=O)Nc1ccc(N(C)C)c(C(=O)NCCCOCC)c1. The molecule has 146 valence electrons. The molecule has 0 aliphatic carbocycles. The maximum Gasteiger partial charge on any atom is 0.253 e. The lowest BCUT2D eigenvalue weighted by Crippen LogP contribution is -2.27. The molecule has 0 radical (unpaired) electrons. The summed E-state index contributed by atoms with van der Waals surface area (Å²) in [7, 11) is 3.79. The molecule has 2 N–H and O–H groups in total. The maximum absolute atomic E-state index is 12.6. The summed E-state index contributed by atoms with van der Waals surface area (Å²) in [5.74, 6) is -0.161. The minimum Gasteiger partial charge on any atom is -0.382 e. The van der Waals surface area contributed by atoms with Crippen molar-refractivity contribution >= 4 is 23.2 Å². The topological polar surface area (TPSA) is 70.7 Å². The molecule has 2 amide bonds. The van der Waals surface area contributed by atoms with Crippen LogP contribution in [0.3, 0.4) is 0 Å². The third kappa shape index (κ3) is 7.87. The first-order valence-electron chi connectivity index (χ1n) is 9.46. The van der Waals surface area contributed by atoms with Crippen LogP contribution in [0.1, 0.15) is 56.3 Å². The number of anilines is 2. The average molecular weight is 364 g/mol. The zero-order valence-corrected chi connectivity index (χ0v) is 16.6. The fraction of sp³-hybridized carbons (Fsp3) is 0.600. The number of hydrogen-bond acceptors (Lipinski definition) is 4.